The minimum atomic E-state index is -0.895. The molecule has 2 amide bonds. The number of imide groups is 1. The number of aliphatic hydroxyl groups is 1. The van der Waals surface area contributed by atoms with Crippen LogP contribution in [0.1, 0.15) is 44.7 Å². The molecule has 6 rings (SSSR count). The highest BCUT2D eigenvalue weighted by Crippen LogP contribution is 2.33. The second-order valence-corrected chi connectivity index (χ2v) is 11.7. The SMILES string of the molecule is Cc1ccc(Cl)c(C)c1OCC(O)CNc1cc[nH]c(=O)c1-c1nc2cc3c(cc2[nH]1)C(=O)N(C1CCN(C)CC1)C3=O. The topological polar surface area (TPSA) is 144 Å². The summed E-state index contributed by atoms with van der Waals surface area (Å²) in [5.74, 6) is 0.294. The minimum Gasteiger partial charge on any atom is -0.490 e. The number of carbonyl (C=O) groups excluding carboxylic acids is 2. The molecule has 2 aliphatic rings. The number of nitrogens with zero attached hydrogens (tertiary/aromatic N) is 3. The van der Waals surface area contributed by atoms with E-state index in [1.807, 2.05) is 27.0 Å². The Balaban J connectivity index is 1.21. The van der Waals surface area contributed by atoms with Crippen LogP contribution in [-0.2, 0) is 0 Å². The quantitative estimate of drug-likeness (QED) is 0.223. The first-order chi connectivity index (χ1) is 20.6. The number of hydrogen-bond donors (Lipinski definition) is 4. The third-order valence-corrected chi connectivity index (χ3v) is 8.66. The Bertz CT molecular complexity index is 1740. The van der Waals surface area contributed by atoms with Gasteiger partial charge in [-0.25, -0.2) is 4.98 Å². The summed E-state index contributed by atoms with van der Waals surface area (Å²) < 4.78 is 5.86. The van der Waals surface area contributed by atoms with Gasteiger partial charge >= 0.3 is 0 Å². The lowest BCUT2D eigenvalue weighted by atomic mass is 10.0. The monoisotopic (exact) mass is 604 g/mol. The molecule has 2 aliphatic heterocycles. The molecule has 0 saturated carbocycles. The number of hydrogen-bond acceptors (Lipinski definition) is 8. The van der Waals surface area contributed by atoms with E-state index in [1.165, 1.54) is 11.1 Å². The molecule has 0 radical (unpaired) electrons. The number of aliphatic hydroxyl groups excluding tert-OH is 1. The molecule has 0 bridgehead atoms. The van der Waals surface area contributed by atoms with Crippen LogP contribution in [0.5, 0.6) is 5.75 Å². The third kappa shape index (κ3) is 5.39. The van der Waals surface area contributed by atoms with E-state index in [2.05, 4.69) is 25.2 Å². The van der Waals surface area contributed by atoms with Crippen LogP contribution in [0, 0.1) is 13.8 Å². The predicted octanol–water partition coefficient (Wildman–Crippen LogP) is 3.73. The van der Waals surface area contributed by atoms with Gasteiger partial charge in [0.25, 0.3) is 17.4 Å². The summed E-state index contributed by atoms with van der Waals surface area (Å²) in [5, 5.41) is 14.3. The van der Waals surface area contributed by atoms with Crippen molar-refractivity contribution in [3.05, 3.63) is 74.2 Å². The number of imidazole rings is 1. The van der Waals surface area contributed by atoms with E-state index in [1.54, 1.807) is 24.3 Å². The van der Waals surface area contributed by atoms with Crippen molar-refractivity contribution in [2.75, 3.05) is 38.6 Å². The van der Waals surface area contributed by atoms with Gasteiger partial charge in [-0.1, -0.05) is 17.7 Å². The Labute approximate surface area is 252 Å². The predicted molar refractivity (Wildman–Crippen MR) is 164 cm³/mol. The van der Waals surface area contributed by atoms with E-state index in [0.29, 0.717) is 38.6 Å². The molecule has 4 heterocycles. The average molecular weight is 605 g/mol. The zero-order valence-corrected chi connectivity index (χ0v) is 24.9. The summed E-state index contributed by atoms with van der Waals surface area (Å²) in [4.78, 5) is 53.6. The number of likely N-dealkylation sites (tertiary alicyclic amines) is 1. The van der Waals surface area contributed by atoms with Crippen molar-refractivity contribution in [3.63, 3.8) is 0 Å². The van der Waals surface area contributed by atoms with E-state index >= 15 is 0 Å². The zero-order valence-electron chi connectivity index (χ0n) is 24.2. The van der Waals surface area contributed by atoms with Gasteiger partial charge < -0.3 is 30.0 Å². The zero-order chi connectivity index (χ0) is 30.4. The molecule has 2 aromatic heterocycles. The van der Waals surface area contributed by atoms with Crippen molar-refractivity contribution < 1.29 is 19.4 Å². The molecule has 0 aliphatic carbocycles. The molecule has 4 N–H and O–H groups in total. The van der Waals surface area contributed by atoms with Crippen molar-refractivity contribution >= 4 is 40.1 Å². The Morgan fingerprint density at radius 1 is 1.12 bits per heavy atom. The summed E-state index contributed by atoms with van der Waals surface area (Å²) in [6.45, 7) is 5.54. The van der Waals surface area contributed by atoms with Crippen molar-refractivity contribution in [1.82, 2.24) is 24.8 Å². The maximum Gasteiger partial charge on any atom is 0.261 e. The van der Waals surface area contributed by atoms with E-state index in [9.17, 15) is 19.5 Å². The van der Waals surface area contributed by atoms with Gasteiger partial charge in [-0.05, 0) is 76.7 Å². The Hall–Kier alpha value is -4.19. The molecule has 2 aromatic carbocycles. The molecule has 0 spiro atoms. The molecule has 11 nitrogen and oxygen atoms in total. The van der Waals surface area contributed by atoms with Crippen LogP contribution in [0.15, 0.2) is 41.3 Å². The number of halogens is 1. The summed E-state index contributed by atoms with van der Waals surface area (Å²) in [6.07, 6.45) is 2.10. The van der Waals surface area contributed by atoms with Gasteiger partial charge in [-0.3, -0.25) is 19.3 Å². The molecule has 224 valence electrons. The van der Waals surface area contributed by atoms with Gasteiger partial charge in [0.1, 0.15) is 29.8 Å². The number of aromatic amines is 2. The number of piperidine rings is 1. The lowest BCUT2D eigenvalue weighted by Crippen LogP contribution is -2.46. The molecule has 12 heteroatoms. The molecular weight excluding hydrogens is 572 g/mol. The number of benzene rings is 2. The highest BCUT2D eigenvalue weighted by atomic mass is 35.5. The van der Waals surface area contributed by atoms with Crippen LogP contribution in [0.4, 0.5) is 5.69 Å². The van der Waals surface area contributed by atoms with Gasteiger partial charge in [0.05, 0.1) is 27.8 Å². The number of pyridine rings is 1. The number of rotatable bonds is 8. The van der Waals surface area contributed by atoms with Crippen molar-refractivity contribution in [2.45, 2.75) is 38.8 Å². The first-order valence-corrected chi connectivity index (χ1v) is 14.6. The van der Waals surface area contributed by atoms with Crippen molar-refractivity contribution in [3.8, 4) is 17.1 Å². The molecular formula is C31H33ClN6O5. The van der Waals surface area contributed by atoms with Crippen molar-refractivity contribution in [1.29, 1.82) is 0 Å². The van der Waals surface area contributed by atoms with Gasteiger partial charge in [-0.2, -0.15) is 0 Å². The van der Waals surface area contributed by atoms with E-state index < -0.39 is 11.7 Å². The van der Waals surface area contributed by atoms with Gasteiger partial charge in [0.2, 0.25) is 0 Å². The maximum atomic E-state index is 13.3. The summed E-state index contributed by atoms with van der Waals surface area (Å²) >= 11 is 6.21. The fourth-order valence-corrected chi connectivity index (χ4v) is 5.97. The molecule has 4 aromatic rings. The molecule has 1 unspecified atom stereocenters. The van der Waals surface area contributed by atoms with Crippen LogP contribution < -0.4 is 15.6 Å². The Kier molecular flexibility index (Phi) is 7.72. The third-order valence-electron chi connectivity index (χ3n) is 8.26. The fraction of sp³-hybridized carbons (Fsp3) is 0.355. The van der Waals surface area contributed by atoms with E-state index in [4.69, 9.17) is 16.3 Å². The Morgan fingerprint density at radius 3 is 2.58 bits per heavy atom. The fourth-order valence-electron chi connectivity index (χ4n) is 5.82. The molecule has 43 heavy (non-hydrogen) atoms. The summed E-state index contributed by atoms with van der Waals surface area (Å²) in [7, 11) is 2.03. The lowest BCUT2D eigenvalue weighted by molar-refractivity contribution is 0.0516. The molecule has 1 fully saturated rings. The number of aromatic nitrogens is 3. The largest absolute Gasteiger partial charge is 0.490 e. The van der Waals surface area contributed by atoms with Crippen LogP contribution in [0.2, 0.25) is 5.02 Å². The first-order valence-electron chi connectivity index (χ1n) is 14.2. The molecule has 1 saturated heterocycles. The highest BCUT2D eigenvalue weighted by Gasteiger charge is 2.41. The lowest BCUT2D eigenvalue weighted by Gasteiger charge is -2.33. The first kappa shape index (κ1) is 28.9. The van der Waals surface area contributed by atoms with Gasteiger partial charge in [0, 0.05) is 29.4 Å². The second-order valence-electron chi connectivity index (χ2n) is 11.3. The van der Waals surface area contributed by atoms with Gasteiger partial charge in [0.15, 0.2) is 0 Å². The normalized spacial score (nSPS) is 16.6. The Morgan fingerprint density at radius 2 is 1.84 bits per heavy atom. The minimum absolute atomic E-state index is 0.0143. The number of nitrogens with one attached hydrogen (secondary N) is 3. The second kappa shape index (κ2) is 11.5. The average Bonchev–Trinajstić information content (AvgIpc) is 3.50. The molecule has 1 atom stereocenters. The number of amides is 2. The number of ether oxygens (including phenoxy) is 1. The highest BCUT2D eigenvalue weighted by molar-refractivity contribution is 6.31. The van der Waals surface area contributed by atoms with E-state index in [-0.39, 0.29) is 42.4 Å². The van der Waals surface area contributed by atoms with Crippen LogP contribution >= 0.6 is 11.6 Å². The van der Waals surface area contributed by atoms with Crippen LogP contribution in [0.3, 0.4) is 0 Å². The summed E-state index contributed by atoms with van der Waals surface area (Å²) in [6, 6.07) is 8.47. The number of H-pyrrole nitrogens is 2. The number of anilines is 1. The van der Waals surface area contributed by atoms with E-state index in [0.717, 1.165) is 37.1 Å². The standard InChI is InChI=1S/C31H33ClN6O5/c1-16-4-5-22(32)17(2)27(16)43-15-19(39)14-34-23-6-9-33-29(40)26(23)28-35-24-12-20-21(13-25(24)36-28)31(42)38(30(20)41)18-7-10-37(3)11-8-18/h4-6,9,12-13,18-19,39H,7-8,10-11,14-15H2,1-3H3,(H,35,36)(H2,33,34,40). The number of fused-ring (bicyclic) bond motifs is 2. The van der Waals surface area contributed by atoms with Gasteiger partial charge in [-0.15, -0.1) is 0 Å². The number of carbonyl (C=O) groups is 2. The number of aryl methyl sites for hydroxylation is 1. The maximum absolute atomic E-state index is 13.3. The smallest absolute Gasteiger partial charge is 0.261 e. The van der Waals surface area contributed by atoms with Crippen LogP contribution in [0.25, 0.3) is 22.4 Å². The summed E-state index contributed by atoms with van der Waals surface area (Å²) in [5.41, 5.74) is 3.66. The van der Waals surface area contributed by atoms with Crippen LogP contribution in [-0.4, -0.2) is 87.1 Å². The van der Waals surface area contributed by atoms with Crippen molar-refractivity contribution in [2.24, 2.45) is 0 Å².